The van der Waals surface area contributed by atoms with Crippen LogP contribution in [-0.4, -0.2) is 49.6 Å². The Morgan fingerprint density at radius 2 is 1.47 bits per heavy atom. The lowest BCUT2D eigenvalue weighted by Crippen LogP contribution is -2.52. The van der Waals surface area contributed by atoms with Crippen molar-refractivity contribution in [3.05, 3.63) is 63.6 Å². The number of phenolic OH excluding ortho intramolecular Hbond substituents is 1. The third-order valence-corrected chi connectivity index (χ3v) is 8.44. The van der Waals surface area contributed by atoms with Crippen LogP contribution in [0.5, 0.6) is 5.75 Å². The summed E-state index contributed by atoms with van der Waals surface area (Å²) in [7, 11) is -4.15. The second-order valence-corrected chi connectivity index (χ2v) is 14.0. The third kappa shape index (κ3) is 5.95. The van der Waals surface area contributed by atoms with Crippen molar-refractivity contribution in [2.75, 3.05) is 13.2 Å². The fourth-order valence-corrected chi connectivity index (χ4v) is 5.82. The van der Waals surface area contributed by atoms with Gasteiger partial charge in [-0.1, -0.05) is 41.5 Å². The van der Waals surface area contributed by atoms with Gasteiger partial charge in [0.25, 0.3) is 5.91 Å². The van der Waals surface area contributed by atoms with Gasteiger partial charge in [-0.3, -0.25) is 4.79 Å². The van der Waals surface area contributed by atoms with E-state index in [1.54, 1.807) is 17.0 Å². The minimum absolute atomic E-state index is 0.0733. The maximum atomic E-state index is 13.4. The zero-order valence-corrected chi connectivity index (χ0v) is 24.3. The summed E-state index contributed by atoms with van der Waals surface area (Å²) < 4.78 is 32.4. The van der Waals surface area contributed by atoms with Crippen LogP contribution in [0.1, 0.15) is 82.4 Å². The van der Waals surface area contributed by atoms with Crippen molar-refractivity contribution in [2.45, 2.75) is 83.2 Å². The number of ether oxygens (including phenoxy) is 1. The molecule has 0 saturated carbocycles. The van der Waals surface area contributed by atoms with E-state index in [1.807, 2.05) is 61.5 Å². The molecule has 7 nitrogen and oxygen atoms in total. The second-order valence-electron chi connectivity index (χ2n) is 12.1. The highest BCUT2D eigenvalue weighted by atomic mass is 32.2. The average Bonchev–Trinajstić information content (AvgIpc) is 2.81. The van der Waals surface area contributed by atoms with Crippen molar-refractivity contribution < 1.29 is 23.1 Å². The van der Waals surface area contributed by atoms with E-state index in [-0.39, 0.29) is 28.6 Å². The molecule has 2 aromatic rings. The van der Waals surface area contributed by atoms with E-state index in [1.165, 1.54) is 30.3 Å². The Kier molecular flexibility index (Phi) is 8.16. The van der Waals surface area contributed by atoms with Gasteiger partial charge >= 0.3 is 0 Å². The molecule has 204 valence electrons. The molecular formula is C30H38N2O5S. The molecule has 8 heteroatoms. The van der Waals surface area contributed by atoms with Gasteiger partial charge in [0.2, 0.25) is 9.84 Å². The molecule has 1 heterocycles. The fraction of sp³-hybridized carbons (Fsp3) is 0.467. The van der Waals surface area contributed by atoms with Crippen LogP contribution in [0.25, 0.3) is 6.08 Å². The van der Waals surface area contributed by atoms with E-state index in [2.05, 4.69) is 0 Å². The summed E-state index contributed by atoms with van der Waals surface area (Å²) in [6, 6.07) is 10.8. The fourth-order valence-electron chi connectivity index (χ4n) is 4.66. The molecule has 1 amide bonds. The van der Waals surface area contributed by atoms with Crippen LogP contribution in [0, 0.1) is 11.3 Å². The highest BCUT2D eigenvalue weighted by Gasteiger charge is 2.31. The van der Waals surface area contributed by atoms with Crippen LogP contribution in [0.4, 0.5) is 0 Å². The standard InChI is InChI=1S/C30H38N2O5S/c1-19-17-37-18-20(2)32(19)28(34)22-9-11-23(12-10-22)38(35,36)24(16-31)13-21-14-25(29(3,4)5)27(33)26(15-21)30(6,7)8/h9-15,19-20,33H,17-18H2,1-8H3/b24-13-. The number of hydrogen-bond donors (Lipinski definition) is 1. The lowest BCUT2D eigenvalue weighted by molar-refractivity contribution is -0.0249. The summed E-state index contributed by atoms with van der Waals surface area (Å²) in [5.41, 5.74) is 1.41. The number of nitriles is 1. The van der Waals surface area contributed by atoms with Crippen LogP contribution in [0.3, 0.4) is 0 Å². The Hall–Kier alpha value is -3.15. The summed E-state index contributed by atoms with van der Waals surface area (Å²) in [5, 5.41) is 20.8. The molecular weight excluding hydrogens is 500 g/mol. The van der Waals surface area contributed by atoms with Crippen molar-refractivity contribution in [3.63, 3.8) is 0 Å². The summed E-state index contributed by atoms with van der Waals surface area (Å²) in [5.74, 6) is -0.0190. The number of hydrogen-bond acceptors (Lipinski definition) is 6. The molecule has 1 N–H and O–H groups in total. The van der Waals surface area contributed by atoms with Gasteiger partial charge in [0, 0.05) is 16.7 Å². The van der Waals surface area contributed by atoms with E-state index in [4.69, 9.17) is 4.74 Å². The molecule has 1 saturated heterocycles. The number of sulfone groups is 1. The minimum Gasteiger partial charge on any atom is -0.507 e. The van der Waals surface area contributed by atoms with Crippen LogP contribution in [0.2, 0.25) is 0 Å². The largest absolute Gasteiger partial charge is 0.507 e. The van der Waals surface area contributed by atoms with Gasteiger partial charge in [0.15, 0.2) is 0 Å². The second kappa shape index (κ2) is 10.5. The predicted octanol–water partition coefficient (Wildman–Crippen LogP) is 5.57. The minimum atomic E-state index is -4.15. The van der Waals surface area contributed by atoms with Gasteiger partial charge < -0.3 is 14.7 Å². The number of phenols is 1. The zero-order valence-electron chi connectivity index (χ0n) is 23.5. The number of morpholine rings is 1. The van der Waals surface area contributed by atoms with Crippen molar-refractivity contribution in [1.82, 2.24) is 4.90 Å². The van der Waals surface area contributed by atoms with E-state index < -0.39 is 25.6 Å². The Morgan fingerprint density at radius 3 is 1.89 bits per heavy atom. The number of rotatable bonds is 4. The maximum absolute atomic E-state index is 13.4. The van der Waals surface area contributed by atoms with Crippen LogP contribution in [0.15, 0.2) is 46.2 Å². The predicted molar refractivity (Wildman–Crippen MR) is 149 cm³/mol. The molecule has 0 aliphatic carbocycles. The average molecular weight is 539 g/mol. The summed E-state index contributed by atoms with van der Waals surface area (Å²) in [6.07, 6.45) is 1.34. The van der Waals surface area contributed by atoms with Crippen LogP contribution < -0.4 is 0 Å². The first-order valence-electron chi connectivity index (χ1n) is 12.7. The molecule has 3 rings (SSSR count). The molecule has 1 aliphatic heterocycles. The van der Waals surface area contributed by atoms with Crippen molar-refractivity contribution in [1.29, 1.82) is 5.26 Å². The number of nitrogens with zero attached hydrogens (tertiary/aromatic N) is 2. The highest BCUT2D eigenvalue weighted by Crippen LogP contribution is 2.40. The first kappa shape index (κ1) is 29.4. The molecule has 2 unspecified atom stereocenters. The molecule has 2 aromatic carbocycles. The van der Waals surface area contributed by atoms with E-state index in [9.17, 15) is 23.6 Å². The van der Waals surface area contributed by atoms with Gasteiger partial charge in [-0.2, -0.15) is 5.26 Å². The van der Waals surface area contributed by atoms with E-state index in [0.29, 0.717) is 35.5 Å². The number of aromatic hydroxyl groups is 1. The molecule has 0 radical (unpaired) electrons. The highest BCUT2D eigenvalue weighted by molar-refractivity contribution is 7.95. The number of allylic oxidation sites excluding steroid dienone is 1. The van der Waals surface area contributed by atoms with Crippen molar-refractivity contribution >= 4 is 21.8 Å². The Morgan fingerprint density at radius 1 is 1.00 bits per heavy atom. The monoisotopic (exact) mass is 538 g/mol. The quantitative estimate of drug-likeness (QED) is 0.510. The Labute approximate surface area is 226 Å². The summed E-state index contributed by atoms with van der Waals surface area (Å²) in [6.45, 7) is 16.5. The molecule has 38 heavy (non-hydrogen) atoms. The van der Waals surface area contributed by atoms with E-state index >= 15 is 0 Å². The van der Waals surface area contributed by atoms with E-state index in [0.717, 1.165) is 0 Å². The Balaban J connectivity index is 2.02. The number of carbonyl (C=O) groups is 1. The topological polar surface area (TPSA) is 108 Å². The molecule has 0 bridgehead atoms. The van der Waals surface area contributed by atoms with Crippen LogP contribution >= 0.6 is 0 Å². The lowest BCUT2D eigenvalue weighted by Gasteiger charge is -2.38. The molecule has 0 aromatic heterocycles. The van der Waals surface area contributed by atoms with Crippen molar-refractivity contribution in [3.8, 4) is 11.8 Å². The molecule has 2 atom stereocenters. The zero-order chi connectivity index (χ0) is 28.6. The Bertz CT molecular complexity index is 1340. The molecule has 0 spiro atoms. The van der Waals surface area contributed by atoms with Gasteiger partial charge in [-0.25, -0.2) is 8.42 Å². The summed E-state index contributed by atoms with van der Waals surface area (Å²) in [4.78, 5) is 14.4. The maximum Gasteiger partial charge on any atom is 0.254 e. The molecule has 1 aliphatic rings. The number of amides is 1. The van der Waals surface area contributed by atoms with Gasteiger partial charge in [0.1, 0.15) is 16.7 Å². The van der Waals surface area contributed by atoms with Crippen LogP contribution in [-0.2, 0) is 25.4 Å². The third-order valence-electron chi connectivity index (χ3n) is 6.76. The van der Waals surface area contributed by atoms with Gasteiger partial charge in [-0.15, -0.1) is 0 Å². The lowest BCUT2D eigenvalue weighted by atomic mass is 9.78. The normalized spacial score (nSPS) is 19.2. The number of carbonyl (C=O) groups excluding carboxylic acids is 1. The smallest absolute Gasteiger partial charge is 0.254 e. The first-order valence-corrected chi connectivity index (χ1v) is 14.2. The van der Waals surface area contributed by atoms with Crippen molar-refractivity contribution in [2.24, 2.45) is 0 Å². The first-order chi connectivity index (χ1) is 17.5. The van der Waals surface area contributed by atoms with Gasteiger partial charge in [0.05, 0.1) is 30.2 Å². The SMILES string of the molecule is CC1COCC(C)N1C(=O)c1ccc(S(=O)(=O)/C(C#N)=C\c2cc(C(C)(C)C)c(O)c(C(C)(C)C)c2)cc1. The van der Waals surface area contributed by atoms with Gasteiger partial charge in [-0.05, 0) is 72.7 Å². The number of benzene rings is 2. The molecule has 1 fully saturated rings. The summed E-state index contributed by atoms with van der Waals surface area (Å²) >= 11 is 0.